The highest BCUT2D eigenvalue weighted by Crippen LogP contribution is 2.29. The van der Waals surface area contributed by atoms with Crippen molar-refractivity contribution in [3.8, 4) is 0 Å². The van der Waals surface area contributed by atoms with Crippen molar-refractivity contribution in [3.05, 3.63) is 34.9 Å². The minimum atomic E-state index is -3.52. The van der Waals surface area contributed by atoms with Crippen LogP contribution in [0, 0.1) is 0 Å². The van der Waals surface area contributed by atoms with Crippen molar-refractivity contribution in [1.82, 2.24) is 14.5 Å². The summed E-state index contributed by atoms with van der Waals surface area (Å²) in [4.78, 5) is 14.4. The minimum Gasteiger partial charge on any atom is -0.465 e. The zero-order valence-electron chi connectivity index (χ0n) is 13.1. The van der Waals surface area contributed by atoms with Gasteiger partial charge >= 0.3 is 6.09 Å². The van der Waals surface area contributed by atoms with Crippen molar-refractivity contribution in [2.75, 3.05) is 13.2 Å². The van der Waals surface area contributed by atoms with Crippen LogP contribution < -0.4 is 4.72 Å². The van der Waals surface area contributed by atoms with Crippen LogP contribution in [0.2, 0.25) is 5.02 Å². The Morgan fingerprint density at radius 1 is 1.25 bits per heavy atom. The van der Waals surface area contributed by atoms with Crippen molar-refractivity contribution >= 4 is 27.7 Å². The molecule has 0 radical (unpaired) electrons. The molecule has 1 aromatic carbocycles. The van der Waals surface area contributed by atoms with Gasteiger partial charge in [0.05, 0.1) is 18.6 Å². The van der Waals surface area contributed by atoms with Crippen LogP contribution in [0.15, 0.2) is 24.3 Å². The topological polar surface area (TPSA) is 90.0 Å². The Bertz CT molecular complexity index is 710. The van der Waals surface area contributed by atoms with Gasteiger partial charge in [0.2, 0.25) is 10.0 Å². The van der Waals surface area contributed by atoms with E-state index >= 15 is 0 Å². The Balaban J connectivity index is 1.66. The highest BCUT2D eigenvalue weighted by molar-refractivity contribution is 7.88. The first kappa shape index (κ1) is 17.5. The fourth-order valence-corrected chi connectivity index (χ4v) is 4.87. The molecule has 7 nitrogen and oxygen atoms in total. The highest BCUT2D eigenvalue weighted by atomic mass is 35.5. The molecule has 0 spiro atoms. The summed E-state index contributed by atoms with van der Waals surface area (Å²) < 4.78 is 27.6. The second-order valence-electron chi connectivity index (χ2n) is 6.24. The van der Waals surface area contributed by atoms with Gasteiger partial charge in [-0.15, -0.1) is 0 Å². The van der Waals surface area contributed by atoms with E-state index in [2.05, 4.69) is 4.72 Å². The molecule has 2 atom stereocenters. The van der Waals surface area contributed by atoms with Crippen LogP contribution in [0.3, 0.4) is 0 Å². The van der Waals surface area contributed by atoms with Gasteiger partial charge in [0.25, 0.3) is 0 Å². The first-order chi connectivity index (χ1) is 11.3. The quantitative estimate of drug-likeness (QED) is 0.841. The molecule has 2 saturated heterocycles. The number of amides is 1. The molecular formula is C15H20ClN3O4S. The van der Waals surface area contributed by atoms with Gasteiger partial charge < -0.3 is 5.11 Å². The average molecular weight is 374 g/mol. The van der Waals surface area contributed by atoms with E-state index in [1.54, 1.807) is 24.3 Å². The maximum absolute atomic E-state index is 12.4. The summed E-state index contributed by atoms with van der Waals surface area (Å²) in [7, 11) is -3.52. The van der Waals surface area contributed by atoms with Crippen molar-refractivity contribution in [1.29, 1.82) is 0 Å². The van der Waals surface area contributed by atoms with Crippen LogP contribution in [0.4, 0.5) is 4.79 Å². The molecular weight excluding hydrogens is 354 g/mol. The standard InChI is InChI=1S/C15H20ClN3O4S/c16-12-3-1-11(2-4-12)9-24(22,23)17-14-6-5-13-7-8-18(15(20)21)10-19(13)14/h1-4,13-14,17H,5-10H2,(H,20,21)/t13-,14+/m0/s1. The van der Waals surface area contributed by atoms with E-state index in [0.717, 1.165) is 12.8 Å². The molecule has 9 heteroatoms. The van der Waals surface area contributed by atoms with Crippen LogP contribution in [0.1, 0.15) is 24.8 Å². The zero-order chi connectivity index (χ0) is 17.3. The molecule has 0 aliphatic carbocycles. The van der Waals surface area contributed by atoms with E-state index in [1.807, 2.05) is 4.90 Å². The number of nitrogens with one attached hydrogen (secondary N) is 1. The van der Waals surface area contributed by atoms with Crippen LogP contribution >= 0.6 is 11.6 Å². The van der Waals surface area contributed by atoms with Crippen molar-refractivity contribution in [3.63, 3.8) is 0 Å². The predicted molar refractivity (Wildman–Crippen MR) is 90.1 cm³/mol. The van der Waals surface area contributed by atoms with E-state index in [4.69, 9.17) is 16.7 Å². The second kappa shape index (κ2) is 6.87. The Labute approximate surface area is 146 Å². The van der Waals surface area contributed by atoms with Gasteiger partial charge in [-0.1, -0.05) is 23.7 Å². The molecule has 2 aliphatic heterocycles. The maximum atomic E-state index is 12.4. The lowest BCUT2D eigenvalue weighted by molar-refractivity contribution is 0.0386. The predicted octanol–water partition coefficient (Wildman–Crippen LogP) is 1.89. The average Bonchev–Trinajstić information content (AvgIpc) is 2.91. The molecule has 0 saturated carbocycles. The Morgan fingerprint density at radius 3 is 2.62 bits per heavy atom. The number of fused-ring (bicyclic) bond motifs is 1. The number of hydrogen-bond acceptors (Lipinski definition) is 4. The summed E-state index contributed by atoms with van der Waals surface area (Å²) >= 11 is 5.81. The van der Waals surface area contributed by atoms with Gasteiger partial charge in [-0.25, -0.2) is 13.2 Å². The lowest BCUT2D eigenvalue weighted by Crippen LogP contribution is -2.56. The number of halogens is 1. The largest absolute Gasteiger partial charge is 0.465 e. The van der Waals surface area contributed by atoms with Crippen LogP contribution in [0.25, 0.3) is 0 Å². The summed E-state index contributed by atoms with van der Waals surface area (Å²) in [5, 5.41) is 9.70. The molecule has 2 heterocycles. The first-order valence-electron chi connectivity index (χ1n) is 7.82. The number of rotatable bonds is 4. The van der Waals surface area contributed by atoms with E-state index in [0.29, 0.717) is 23.6 Å². The minimum absolute atomic E-state index is 0.123. The van der Waals surface area contributed by atoms with Crippen molar-refractivity contribution < 1.29 is 18.3 Å². The third kappa shape index (κ3) is 4.00. The number of benzene rings is 1. The van der Waals surface area contributed by atoms with E-state index in [9.17, 15) is 13.2 Å². The number of hydrogen-bond donors (Lipinski definition) is 2. The second-order valence-corrected chi connectivity index (χ2v) is 8.43. The van der Waals surface area contributed by atoms with Gasteiger partial charge in [0.15, 0.2) is 0 Å². The van der Waals surface area contributed by atoms with Gasteiger partial charge in [-0.2, -0.15) is 4.72 Å². The molecule has 3 rings (SSSR count). The Kier molecular flexibility index (Phi) is 5.00. The van der Waals surface area contributed by atoms with Crippen LogP contribution in [-0.4, -0.2) is 54.8 Å². The smallest absolute Gasteiger partial charge is 0.408 e. The van der Waals surface area contributed by atoms with E-state index in [-0.39, 0.29) is 24.6 Å². The lowest BCUT2D eigenvalue weighted by atomic mass is 10.1. The molecule has 0 aromatic heterocycles. The summed E-state index contributed by atoms with van der Waals surface area (Å²) in [6.07, 6.45) is 0.985. The SMILES string of the molecule is O=C(O)N1CC[C@@H]2CC[C@H](NS(=O)(=O)Cc3ccc(Cl)cc3)N2C1. The maximum Gasteiger partial charge on any atom is 0.408 e. The monoisotopic (exact) mass is 373 g/mol. The van der Waals surface area contributed by atoms with Crippen molar-refractivity contribution in [2.45, 2.75) is 37.2 Å². The summed E-state index contributed by atoms with van der Waals surface area (Å²) in [5.74, 6) is -0.123. The van der Waals surface area contributed by atoms with Gasteiger partial charge in [0, 0.05) is 17.6 Å². The third-order valence-electron chi connectivity index (χ3n) is 4.56. The Hall–Kier alpha value is -1.35. The molecule has 0 unspecified atom stereocenters. The molecule has 0 bridgehead atoms. The van der Waals surface area contributed by atoms with Gasteiger partial charge in [0.1, 0.15) is 0 Å². The summed E-state index contributed by atoms with van der Waals surface area (Å²) in [6, 6.07) is 6.93. The summed E-state index contributed by atoms with van der Waals surface area (Å²) in [6.45, 7) is 0.745. The first-order valence-corrected chi connectivity index (χ1v) is 9.85. The lowest BCUT2D eigenvalue weighted by Gasteiger charge is -2.39. The molecule has 1 amide bonds. The number of carbonyl (C=O) groups is 1. The number of carboxylic acid groups (broad SMARTS) is 1. The fraction of sp³-hybridized carbons (Fsp3) is 0.533. The third-order valence-corrected chi connectivity index (χ3v) is 6.16. The molecule has 2 N–H and O–H groups in total. The van der Waals surface area contributed by atoms with Gasteiger partial charge in [-0.05, 0) is 37.0 Å². The van der Waals surface area contributed by atoms with Crippen LogP contribution in [-0.2, 0) is 15.8 Å². The normalized spacial score (nSPS) is 24.8. The highest BCUT2D eigenvalue weighted by Gasteiger charge is 2.40. The molecule has 2 aliphatic rings. The number of sulfonamides is 1. The molecule has 132 valence electrons. The van der Waals surface area contributed by atoms with E-state index in [1.165, 1.54) is 4.90 Å². The van der Waals surface area contributed by atoms with Gasteiger partial charge in [-0.3, -0.25) is 9.80 Å². The molecule has 24 heavy (non-hydrogen) atoms. The molecule has 2 fully saturated rings. The van der Waals surface area contributed by atoms with E-state index < -0.39 is 16.1 Å². The van der Waals surface area contributed by atoms with Crippen LogP contribution in [0.5, 0.6) is 0 Å². The number of nitrogens with zero attached hydrogens (tertiary/aromatic N) is 2. The molecule has 1 aromatic rings. The summed E-state index contributed by atoms with van der Waals surface area (Å²) in [5.41, 5.74) is 0.659. The Morgan fingerprint density at radius 2 is 1.96 bits per heavy atom. The fourth-order valence-electron chi connectivity index (χ4n) is 3.36. The zero-order valence-corrected chi connectivity index (χ0v) is 14.6. The van der Waals surface area contributed by atoms with Crippen molar-refractivity contribution in [2.24, 2.45) is 0 Å².